The Balaban J connectivity index is 1.56. The van der Waals surface area contributed by atoms with Crippen molar-refractivity contribution in [3.63, 3.8) is 0 Å². The van der Waals surface area contributed by atoms with E-state index < -0.39 is 0 Å². The van der Waals surface area contributed by atoms with E-state index in [0.29, 0.717) is 6.10 Å². The molecule has 1 atom stereocenters. The number of hydrogen-bond donors (Lipinski definition) is 1. The summed E-state index contributed by atoms with van der Waals surface area (Å²) in [5.41, 5.74) is 0. The maximum absolute atomic E-state index is 5.73. The number of ether oxygens (including phenoxy) is 1. The summed E-state index contributed by atoms with van der Waals surface area (Å²) in [6.07, 6.45) is 3.18. The van der Waals surface area contributed by atoms with Gasteiger partial charge in [-0.05, 0) is 43.9 Å². The highest BCUT2D eigenvalue weighted by atomic mass is 32.2. The number of thioether (sulfide) groups is 1. The molecule has 2 heterocycles. The van der Waals surface area contributed by atoms with Crippen LogP contribution in [-0.2, 0) is 4.74 Å². The summed E-state index contributed by atoms with van der Waals surface area (Å²) >= 11 is 2.10. The molecule has 2 rings (SSSR count). The van der Waals surface area contributed by atoms with Gasteiger partial charge in [-0.25, -0.2) is 0 Å². The monoisotopic (exact) mass is 244 g/mol. The van der Waals surface area contributed by atoms with Gasteiger partial charge in [-0.2, -0.15) is 11.8 Å². The predicted octanol–water partition coefficient (Wildman–Crippen LogP) is 1.05. The maximum atomic E-state index is 5.73. The number of morpholine rings is 1. The first-order chi connectivity index (χ1) is 7.84. The lowest BCUT2D eigenvalue weighted by molar-refractivity contribution is -0.0184. The molecule has 0 spiro atoms. The lowest BCUT2D eigenvalue weighted by atomic mass is 10.0. The van der Waals surface area contributed by atoms with E-state index in [0.717, 1.165) is 32.2 Å². The third-order valence-corrected chi connectivity index (χ3v) is 4.54. The van der Waals surface area contributed by atoms with Crippen LogP contribution in [0, 0.1) is 5.92 Å². The topological polar surface area (TPSA) is 24.5 Å². The van der Waals surface area contributed by atoms with Gasteiger partial charge >= 0.3 is 0 Å². The molecule has 0 radical (unpaired) electrons. The zero-order chi connectivity index (χ0) is 11.2. The fourth-order valence-electron chi connectivity index (χ4n) is 2.39. The molecule has 0 aromatic carbocycles. The fraction of sp³-hybridized carbons (Fsp3) is 1.00. The van der Waals surface area contributed by atoms with Gasteiger partial charge in [-0.3, -0.25) is 0 Å². The summed E-state index contributed by atoms with van der Waals surface area (Å²) in [5, 5.41) is 3.58. The summed E-state index contributed by atoms with van der Waals surface area (Å²) < 4.78 is 5.73. The van der Waals surface area contributed by atoms with Crippen LogP contribution in [0.4, 0.5) is 0 Å². The van der Waals surface area contributed by atoms with Crippen molar-refractivity contribution in [3.05, 3.63) is 0 Å². The molecule has 0 aromatic heterocycles. The van der Waals surface area contributed by atoms with E-state index in [1.54, 1.807) is 0 Å². The molecule has 16 heavy (non-hydrogen) atoms. The Morgan fingerprint density at radius 1 is 1.31 bits per heavy atom. The van der Waals surface area contributed by atoms with Crippen LogP contribution in [0.2, 0.25) is 0 Å². The molecule has 2 aliphatic heterocycles. The van der Waals surface area contributed by atoms with Crippen molar-refractivity contribution in [2.45, 2.75) is 18.9 Å². The molecule has 2 saturated heterocycles. The lowest BCUT2D eigenvalue weighted by Crippen LogP contribution is -2.45. The molecule has 0 amide bonds. The van der Waals surface area contributed by atoms with Gasteiger partial charge in [0.1, 0.15) is 0 Å². The van der Waals surface area contributed by atoms with E-state index in [-0.39, 0.29) is 0 Å². The first kappa shape index (κ1) is 12.7. The number of nitrogens with zero attached hydrogens (tertiary/aromatic N) is 1. The molecule has 0 saturated carbocycles. The number of nitrogens with one attached hydrogen (secondary N) is 1. The van der Waals surface area contributed by atoms with Crippen molar-refractivity contribution in [2.75, 3.05) is 51.3 Å². The molecule has 1 N–H and O–H groups in total. The minimum absolute atomic E-state index is 0.400. The molecule has 3 nitrogen and oxygen atoms in total. The van der Waals surface area contributed by atoms with E-state index in [4.69, 9.17) is 4.74 Å². The van der Waals surface area contributed by atoms with Gasteiger partial charge in [0, 0.05) is 19.6 Å². The van der Waals surface area contributed by atoms with E-state index in [9.17, 15) is 0 Å². The average molecular weight is 244 g/mol. The Labute approximate surface area is 103 Å². The third-order valence-electron chi connectivity index (χ3n) is 3.49. The maximum Gasteiger partial charge on any atom is 0.0826 e. The molecule has 94 valence electrons. The lowest BCUT2D eigenvalue weighted by Gasteiger charge is -2.31. The second kappa shape index (κ2) is 6.84. The van der Waals surface area contributed by atoms with Crippen molar-refractivity contribution in [3.8, 4) is 0 Å². The normalized spacial score (nSPS) is 29.4. The summed E-state index contributed by atoms with van der Waals surface area (Å²) in [5.74, 6) is 3.62. The van der Waals surface area contributed by atoms with Gasteiger partial charge in [0.25, 0.3) is 0 Å². The Kier molecular flexibility index (Phi) is 5.42. The molecule has 0 aromatic rings. The van der Waals surface area contributed by atoms with E-state index in [1.807, 2.05) is 0 Å². The number of likely N-dealkylation sites (N-methyl/N-ethyl adjacent to an activating group) is 1. The van der Waals surface area contributed by atoms with Crippen LogP contribution in [0.5, 0.6) is 0 Å². The summed E-state index contributed by atoms with van der Waals surface area (Å²) in [6, 6.07) is 0. The Hall–Kier alpha value is 0.230. The summed E-state index contributed by atoms with van der Waals surface area (Å²) in [6.45, 7) is 5.25. The second-order valence-corrected chi connectivity index (χ2v) is 6.19. The van der Waals surface area contributed by atoms with E-state index in [2.05, 4.69) is 29.0 Å². The van der Waals surface area contributed by atoms with E-state index in [1.165, 1.54) is 30.9 Å². The predicted molar refractivity (Wildman–Crippen MR) is 70.2 cm³/mol. The smallest absolute Gasteiger partial charge is 0.0826 e. The quantitative estimate of drug-likeness (QED) is 0.799. The molecule has 1 unspecified atom stereocenters. The van der Waals surface area contributed by atoms with Gasteiger partial charge in [0.2, 0.25) is 0 Å². The van der Waals surface area contributed by atoms with Crippen LogP contribution < -0.4 is 5.32 Å². The third kappa shape index (κ3) is 4.24. The first-order valence-electron chi connectivity index (χ1n) is 6.43. The van der Waals surface area contributed by atoms with Crippen LogP contribution >= 0.6 is 11.8 Å². The molecule has 2 fully saturated rings. The fourth-order valence-corrected chi connectivity index (χ4v) is 3.59. The van der Waals surface area contributed by atoms with Crippen LogP contribution in [0.25, 0.3) is 0 Å². The zero-order valence-electron chi connectivity index (χ0n) is 10.3. The first-order valence-corrected chi connectivity index (χ1v) is 7.58. The average Bonchev–Trinajstić information content (AvgIpc) is 2.30. The van der Waals surface area contributed by atoms with Crippen molar-refractivity contribution >= 4 is 11.8 Å². The van der Waals surface area contributed by atoms with Crippen LogP contribution in [0.3, 0.4) is 0 Å². The summed E-state index contributed by atoms with van der Waals surface area (Å²) in [7, 11) is 2.17. The Morgan fingerprint density at radius 2 is 2.12 bits per heavy atom. The molecular weight excluding hydrogens is 220 g/mol. The molecule has 0 aliphatic carbocycles. The largest absolute Gasteiger partial charge is 0.374 e. The minimum atomic E-state index is 0.400. The van der Waals surface area contributed by atoms with Crippen molar-refractivity contribution in [1.29, 1.82) is 0 Å². The van der Waals surface area contributed by atoms with Gasteiger partial charge in [0.05, 0.1) is 12.7 Å². The Morgan fingerprint density at radius 3 is 2.88 bits per heavy atom. The SMILES string of the molecule is CN1CCOC(CNCC2CCSCC2)C1. The van der Waals surface area contributed by atoms with Crippen molar-refractivity contribution in [2.24, 2.45) is 5.92 Å². The van der Waals surface area contributed by atoms with Crippen molar-refractivity contribution in [1.82, 2.24) is 10.2 Å². The van der Waals surface area contributed by atoms with Crippen molar-refractivity contribution < 1.29 is 4.74 Å². The highest BCUT2D eigenvalue weighted by Gasteiger charge is 2.18. The molecular formula is C12H24N2OS. The van der Waals surface area contributed by atoms with Crippen LogP contribution in [-0.4, -0.2) is 62.3 Å². The van der Waals surface area contributed by atoms with Crippen LogP contribution in [0.15, 0.2) is 0 Å². The molecule has 0 bridgehead atoms. The van der Waals surface area contributed by atoms with Gasteiger partial charge < -0.3 is 15.0 Å². The number of rotatable bonds is 4. The van der Waals surface area contributed by atoms with Gasteiger partial charge in [-0.15, -0.1) is 0 Å². The second-order valence-electron chi connectivity index (χ2n) is 4.97. The van der Waals surface area contributed by atoms with E-state index >= 15 is 0 Å². The highest BCUT2D eigenvalue weighted by Crippen LogP contribution is 2.21. The standard InChI is InChI=1S/C12H24N2OS/c1-14-4-5-15-12(10-14)9-13-8-11-2-6-16-7-3-11/h11-13H,2-10H2,1H3. The minimum Gasteiger partial charge on any atom is -0.374 e. The molecule has 2 aliphatic rings. The Bertz CT molecular complexity index is 197. The highest BCUT2D eigenvalue weighted by molar-refractivity contribution is 7.99. The number of hydrogen-bond acceptors (Lipinski definition) is 4. The van der Waals surface area contributed by atoms with Gasteiger partial charge in [-0.1, -0.05) is 0 Å². The summed E-state index contributed by atoms with van der Waals surface area (Å²) in [4.78, 5) is 2.35. The van der Waals surface area contributed by atoms with Gasteiger partial charge in [0.15, 0.2) is 0 Å². The zero-order valence-corrected chi connectivity index (χ0v) is 11.1. The van der Waals surface area contributed by atoms with Crippen LogP contribution in [0.1, 0.15) is 12.8 Å². The molecule has 4 heteroatoms.